The Balaban J connectivity index is 1.94. The topological polar surface area (TPSA) is 117 Å². The lowest BCUT2D eigenvalue weighted by Crippen LogP contribution is -2.29. The molecular formula is C24H23F3N4O4. The van der Waals surface area contributed by atoms with Gasteiger partial charge in [-0.3, -0.25) is 24.5 Å². The van der Waals surface area contributed by atoms with Crippen LogP contribution in [0.4, 0.5) is 24.5 Å². The molecule has 0 spiro atoms. The number of nitrogens with one attached hydrogen (secondary N) is 2. The number of H-pyrrole nitrogens is 1. The first-order chi connectivity index (χ1) is 16.6. The van der Waals surface area contributed by atoms with Crippen molar-refractivity contribution in [3.63, 3.8) is 0 Å². The number of anilines is 1. The molecule has 2 aromatic carbocycles. The summed E-state index contributed by atoms with van der Waals surface area (Å²) in [4.78, 5) is 39.7. The number of carbonyl (C=O) groups excluding carboxylic acids is 1. The number of amides is 1. The Hall–Kier alpha value is -4.15. The highest BCUT2D eigenvalue weighted by Crippen LogP contribution is 2.21. The first-order valence-electron chi connectivity index (χ1n) is 10.8. The zero-order valence-corrected chi connectivity index (χ0v) is 18.7. The number of para-hydroxylation sites is 1. The van der Waals surface area contributed by atoms with E-state index in [1.165, 1.54) is 35.2 Å². The number of hydrogen-bond acceptors (Lipinski definition) is 4. The predicted octanol–water partition coefficient (Wildman–Crippen LogP) is 4.39. The summed E-state index contributed by atoms with van der Waals surface area (Å²) in [5, 5.41) is 13.6. The molecule has 3 N–H and O–H groups in total. The summed E-state index contributed by atoms with van der Waals surface area (Å²) in [6, 6.07) is 12.7. The third-order valence-corrected chi connectivity index (χ3v) is 5.17. The molecule has 1 heterocycles. The number of carboxylic acid groups (broad SMARTS) is 1. The number of aliphatic imine (C=N–C) groups is 1. The van der Waals surface area contributed by atoms with Gasteiger partial charge in [-0.05, 0) is 55.2 Å². The third-order valence-electron chi connectivity index (χ3n) is 5.17. The van der Waals surface area contributed by atoms with Crippen molar-refractivity contribution in [2.45, 2.75) is 38.8 Å². The van der Waals surface area contributed by atoms with Gasteiger partial charge in [0.2, 0.25) is 0 Å². The lowest BCUT2D eigenvalue weighted by atomic mass is 10.1. The molecule has 8 nitrogen and oxygen atoms in total. The number of alkyl halides is 3. The van der Waals surface area contributed by atoms with Crippen LogP contribution in [0.15, 0.2) is 58.3 Å². The molecule has 1 amide bonds. The number of hydrogen-bond donors (Lipinski definition) is 3. The molecule has 0 saturated heterocycles. The van der Waals surface area contributed by atoms with Gasteiger partial charge in [-0.1, -0.05) is 25.1 Å². The van der Waals surface area contributed by atoms with E-state index in [4.69, 9.17) is 5.11 Å². The number of rotatable bonds is 9. The minimum Gasteiger partial charge on any atom is -0.481 e. The summed E-state index contributed by atoms with van der Waals surface area (Å²) in [7, 11) is 0. The minimum absolute atomic E-state index is 0.0872. The summed E-state index contributed by atoms with van der Waals surface area (Å²) >= 11 is 0. The Kier molecular flexibility index (Phi) is 7.90. The smallest absolute Gasteiger partial charge is 0.471 e. The monoisotopic (exact) mass is 488 g/mol. The number of carbonyl (C=O) groups is 2. The Morgan fingerprint density at radius 3 is 2.46 bits per heavy atom. The van der Waals surface area contributed by atoms with Crippen LogP contribution in [0.25, 0.3) is 5.69 Å². The molecule has 0 saturated carbocycles. The van der Waals surface area contributed by atoms with E-state index >= 15 is 0 Å². The molecule has 35 heavy (non-hydrogen) atoms. The number of aryl methyl sites for hydroxylation is 2. The molecule has 1 aromatic heterocycles. The normalized spacial score (nSPS) is 11.7. The van der Waals surface area contributed by atoms with Crippen LogP contribution in [-0.4, -0.2) is 39.2 Å². The van der Waals surface area contributed by atoms with Crippen molar-refractivity contribution in [1.82, 2.24) is 9.78 Å². The molecule has 0 aliphatic heterocycles. The van der Waals surface area contributed by atoms with Crippen molar-refractivity contribution in [2.24, 2.45) is 4.99 Å². The van der Waals surface area contributed by atoms with Crippen molar-refractivity contribution in [2.75, 3.05) is 5.32 Å². The van der Waals surface area contributed by atoms with Crippen LogP contribution < -0.4 is 10.9 Å². The summed E-state index contributed by atoms with van der Waals surface area (Å²) in [5.74, 6) is -3.07. The number of aromatic nitrogens is 2. The maximum Gasteiger partial charge on any atom is 0.471 e. The van der Waals surface area contributed by atoms with E-state index in [1.807, 2.05) is 31.2 Å². The molecule has 0 aliphatic rings. The molecule has 0 aliphatic carbocycles. The fraction of sp³-hybridized carbons (Fsp3) is 0.250. The molecule has 0 atom stereocenters. The molecule has 184 valence electrons. The highest BCUT2D eigenvalue weighted by Gasteiger charge is 2.38. The maximum absolute atomic E-state index is 13.2. The average Bonchev–Trinajstić information content (AvgIpc) is 3.12. The second-order valence-corrected chi connectivity index (χ2v) is 7.63. The van der Waals surface area contributed by atoms with Crippen LogP contribution in [0, 0.1) is 0 Å². The summed E-state index contributed by atoms with van der Waals surface area (Å²) in [6.45, 7) is 1.98. The molecule has 3 aromatic rings. The molecule has 3 rings (SSSR count). The molecule has 0 radical (unpaired) electrons. The number of benzene rings is 2. The van der Waals surface area contributed by atoms with Crippen LogP contribution in [0.2, 0.25) is 0 Å². The van der Waals surface area contributed by atoms with Crippen molar-refractivity contribution in [3.05, 3.63) is 75.7 Å². The Morgan fingerprint density at radius 2 is 1.83 bits per heavy atom. The van der Waals surface area contributed by atoms with E-state index in [1.54, 1.807) is 5.32 Å². The fourth-order valence-corrected chi connectivity index (χ4v) is 3.38. The van der Waals surface area contributed by atoms with E-state index in [2.05, 4.69) is 10.1 Å². The zero-order chi connectivity index (χ0) is 25.6. The highest BCUT2D eigenvalue weighted by atomic mass is 19.4. The maximum atomic E-state index is 13.2. The third kappa shape index (κ3) is 6.46. The molecule has 0 bridgehead atoms. The van der Waals surface area contributed by atoms with Gasteiger partial charge in [-0.25, -0.2) is 4.68 Å². The van der Waals surface area contributed by atoms with Gasteiger partial charge in [-0.15, -0.1) is 0 Å². The Morgan fingerprint density at radius 1 is 1.14 bits per heavy atom. The van der Waals surface area contributed by atoms with Gasteiger partial charge in [0.1, 0.15) is 0 Å². The Bertz CT molecular complexity index is 1290. The summed E-state index contributed by atoms with van der Waals surface area (Å²) < 4.78 is 38.6. The fourth-order valence-electron chi connectivity index (χ4n) is 3.38. The zero-order valence-electron chi connectivity index (χ0n) is 18.7. The summed E-state index contributed by atoms with van der Waals surface area (Å²) in [5.41, 5.74) is 2.18. The predicted molar refractivity (Wildman–Crippen MR) is 125 cm³/mol. The van der Waals surface area contributed by atoms with Crippen LogP contribution in [0.3, 0.4) is 0 Å². The average molecular weight is 488 g/mol. The second-order valence-electron chi connectivity index (χ2n) is 7.63. The Labute approximate surface area is 198 Å². The van der Waals surface area contributed by atoms with Crippen LogP contribution in [0.1, 0.15) is 36.6 Å². The number of aliphatic carboxylic acids is 1. The molecular weight excluding hydrogens is 465 g/mol. The van der Waals surface area contributed by atoms with Gasteiger partial charge >= 0.3 is 18.1 Å². The van der Waals surface area contributed by atoms with E-state index in [9.17, 15) is 27.6 Å². The highest BCUT2D eigenvalue weighted by molar-refractivity contribution is 5.95. The van der Waals surface area contributed by atoms with E-state index < -0.39 is 23.6 Å². The molecule has 0 unspecified atom stereocenters. The van der Waals surface area contributed by atoms with Crippen molar-refractivity contribution in [1.29, 1.82) is 0 Å². The summed E-state index contributed by atoms with van der Waals surface area (Å²) in [6.07, 6.45) is -2.39. The number of aromatic amines is 1. The van der Waals surface area contributed by atoms with Gasteiger partial charge < -0.3 is 10.4 Å². The SMILES string of the molecule is CCc1ccccc1N=Cc1c(CCCC(=O)O)[nH]n(-c2ccc(NC(=O)C(F)(F)F)cc2)c1=O. The van der Waals surface area contributed by atoms with Gasteiger partial charge in [0.05, 0.1) is 16.9 Å². The van der Waals surface area contributed by atoms with Gasteiger partial charge in [0.25, 0.3) is 5.56 Å². The van der Waals surface area contributed by atoms with Crippen LogP contribution in [0.5, 0.6) is 0 Å². The van der Waals surface area contributed by atoms with Crippen LogP contribution in [-0.2, 0) is 22.4 Å². The quantitative estimate of drug-likeness (QED) is 0.388. The van der Waals surface area contributed by atoms with Crippen LogP contribution >= 0.6 is 0 Å². The first kappa shape index (κ1) is 25.5. The first-order valence-corrected chi connectivity index (χ1v) is 10.8. The van der Waals surface area contributed by atoms with Gasteiger partial charge in [-0.2, -0.15) is 13.2 Å². The standard InChI is InChI=1S/C24H23F3N4O4/c1-2-15-6-3-4-7-19(15)28-14-18-20(8-5-9-21(32)33)30-31(22(18)34)17-12-10-16(11-13-17)29-23(35)24(25,26)27/h3-4,6-7,10-14,30H,2,5,8-9H2,1H3,(H,29,35)(H,32,33). The number of halogens is 3. The van der Waals surface area contributed by atoms with Crippen molar-refractivity contribution >= 4 is 29.5 Å². The van der Waals surface area contributed by atoms with Gasteiger partial charge in [0.15, 0.2) is 0 Å². The van der Waals surface area contributed by atoms with Crippen molar-refractivity contribution in [3.8, 4) is 5.69 Å². The lowest BCUT2D eigenvalue weighted by Gasteiger charge is -2.08. The molecule has 11 heteroatoms. The second kappa shape index (κ2) is 10.9. The van der Waals surface area contributed by atoms with E-state index in [0.29, 0.717) is 17.1 Å². The number of nitrogens with zero attached hydrogens (tertiary/aromatic N) is 2. The van der Waals surface area contributed by atoms with Crippen molar-refractivity contribution < 1.29 is 27.9 Å². The largest absolute Gasteiger partial charge is 0.481 e. The lowest BCUT2D eigenvalue weighted by molar-refractivity contribution is -0.167. The van der Waals surface area contributed by atoms with E-state index in [-0.39, 0.29) is 30.5 Å². The van der Waals surface area contributed by atoms with E-state index in [0.717, 1.165) is 12.0 Å². The molecule has 0 fully saturated rings. The number of carboxylic acids is 1. The minimum atomic E-state index is -5.02. The van der Waals surface area contributed by atoms with Gasteiger partial charge in [0, 0.05) is 24.0 Å².